The first-order chi connectivity index (χ1) is 18.0. The Hall–Kier alpha value is -3.31. The zero-order chi connectivity index (χ0) is 27.5. The van der Waals surface area contributed by atoms with Gasteiger partial charge in [-0.05, 0) is 31.2 Å². The van der Waals surface area contributed by atoms with Crippen molar-refractivity contribution in [2.24, 2.45) is 5.92 Å². The first kappa shape index (κ1) is 26.3. The average molecular weight is 527 g/mol. The Morgan fingerprint density at radius 3 is 2.45 bits per heavy atom. The molecule has 1 fully saturated rings. The molecule has 0 heterocycles. The summed E-state index contributed by atoms with van der Waals surface area (Å²) >= 11 is 0. The number of methoxy groups -OCH3 is 1. The summed E-state index contributed by atoms with van der Waals surface area (Å²) in [5, 5.41) is 53.7. The van der Waals surface area contributed by atoms with Crippen molar-refractivity contribution in [2.45, 2.75) is 62.9 Å². The lowest BCUT2D eigenvalue weighted by Crippen LogP contribution is -2.48. The summed E-state index contributed by atoms with van der Waals surface area (Å²) in [4.78, 5) is 39.7. The average Bonchev–Trinajstić information content (AvgIpc) is 2.90. The molecule has 3 aliphatic carbocycles. The molecular weight excluding hydrogens is 496 g/mol. The molecule has 0 spiro atoms. The highest BCUT2D eigenvalue weighted by atomic mass is 16.5. The second-order valence-corrected chi connectivity index (χ2v) is 10.5. The van der Waals surface area contributed by atoms with Gasteiger partial charge in [-0.15, -0.1) is 0 Å². The van der Waals surface area contributed by atoms with Crippen molar-refractivity contribution in [3.63, 3.8) is 0 Å². The minimum atomic E-state index is -2.15. The molecule has 10 nitrogen and oxygen atoms in total. The molecule has 5 N–H and O–H groups in total. The van der Waals surface area contributed by atoms with Crippen LogP contribution in [0.5, 0.6) is 17.2 Å². The summed E-state index contributed by atoms with van der Waals surface area (Å²) in [7, 11) is 1.35. The number of ketones is 3. The third-order valence-electron chi connectivity index (χ3n) is 8.17. The molecule has 0 aromatic heterocycles. The van der Waals surface area contributed by atoms with E-state index in [2.05, 4.69) is 0 Å². The van der Waals surface area contributed by atoms with E-state index in [1.807, 2.05) is 6.92 Å². The number of hydrogen-bond acceptors (Lipinski definition) is 10. The summed E-state index contributed by atoms with van der Waals surface area (Å²) in [6.07, 6.45) is -1.48. The number of aliphatic hydroxyl groups is 3. The maximum Gasteiger partial charge on any atom is 0.202 e. The number of benzene rings is 2. The molecule has 5 rings (SSSR count). The van der Waals surface area contributed by atoms with Crippen molar-refractivity contribution >= 4 is 17.3 Å². The van der Waals surface area contributed by atoms with E-state index in [1.165, 1.54) is 25.3 Å². The van der Waals surface area contributed by atoms with Crippen molar-refractivity contribution in [1.29, 1.82) is 0 Å². The van der Waals surface area contributed by atoms with Crippen LogP contribution in [0.4, 0.5) is 0 Å². The molecule has 0 radical (unpaired) electrons. The molecule has 10 heteroatoms. The Kier molecular flexibility index (Phi) is 6.55. The molecule has 0 amide bonds. The molecule has 0 unspecified atom stereocenters. The van der Waals surface area contributed by atoms with Crippen LogP contribution in [0.2, 0.25) is 0 Å². The molecule has 0 saturated heterocycles. The first-order valence-corrected chi connectivity index (χ1v) is 12.6. The number of fused-ring (bicyclic) bond motifs is 3. The van der Waals surface area contributed by atoms with Gasteiger partial charge in [-0.1, -0.05) is 19.1 Å². The summed E-state index contributed by atoms with van der Waals surface area (Å²) in [6, 6.07) is 4.44. The van der Waals surface area contributed by atoms with Crippen LogP contribution < -0.4 is 4.74 Å². The minimum absolute atomic E-state index is 0.00920. The fourth-order valence-corrected chi connectivity index (χ4v) is 6.08. The molecule has 202 valence electrons. The van der Waals surface area contributed by atoms with Crippen LogP contribution in [-0.4, -0.2) is 74.4 Å². The summed E-state index contributed by atoms with van der Waals surface area (Å²) < 4.78 is 11.6. The normalized spacial score (nSPS) is 28.3. The fourth-order valence-electron chi connectivity index (χ4n) is 6.08. The maximum atomic E-state index is 13.6. The van der Waals surface area contributed by atoms with Gasteiger partial charge in [0, 0.05) is 29.5 Å². The van der Waals surface area contributed by atoms with Gasteiger partial charge in [-0.2, -0.15) is 0 Å². The van der Waals surface area contributed by atoms with E-state index in [-0.39, 0.29) is 40.3 Å². The third-order valence-corrected chi connectivity index (χ3v) is 8.17. The van der Waals surface area contributed by atoms with Gasteiger partial charge in [0.1, 0.15) is 29.5 Å². The number of carbonyl (C=O) groups is 3. The molecule has 2 aromatic carbocycles. The van der Waals surface area contributed by atoms with Gasteiger partial charge in [-0.3, -0.25) is 14.4 Å². The molecule has 0 aliphatic heterocycles. The summed E-state index contributed by atoms with van der Waals surface area (Å²) in [5.74, 6) is -3.50. The molecule has 38 heavy (non-hydrogen) atoms. The van der Waals surface area contributed by atoms with Crippen molar-refractivity contribution in [3.8, 4) is 17.2 Å². The lowest BCUT2D eigenvalue weighted by Gasteiger charge is -2.41. The minimum Gasteiger partial charge on any atom is -0.507 e. The highest BCUT2D eigenvalue weighted by Gasteiger charge is 2.49. The highest BCUT2D eigenvalue weighted by Crippen LogP contribution is 2.52. The van der Waals surface area contributed by atoms with Crippen LogP contribution in [0.25, 0.3) is 0 Å². The van der Waals surface area contributed by atoms with Gasteiger partial charge in [0.25, 0.3) is 0 Å². The lowest BCUT2D eigenvalue weighted by molar-refractivity contribution is -0.151. The standard InChI is InChI=1S/C28H30O10/c1-12-8-13(6-7-16(12)30)38-18-10-28(36,19(31)11-29)9-15-21(18)27(35)23-22(25(15)33)24(32)14-4-3-5-17(37-2)20(14)26(23)34/h3-5,12-13,16,18,29-30,33,35-36H,6-11H2,1-2H3/t12-,13+,16+,18+,28+/m0/s1. The Labute approximate surface area is 218 Å². The van der Waals surface area contributed by atoms with E-state index in [9.17, 15) is 39.9 Å². The molecule has 0 bridgehead atoms. The maximum absolute atomic E-state index is 13.6. The lowest BCUT2D eigenvalue weighted by atomic mass is 9.71. The smallest absolute Gasteiger partial charge is 0.202 e. The van der Waals surface area contributed by atoms with E-state index in [0.717, 1.165) is 0 Å². The van der Waals surface area contributed by atoms with Crippen LogP contribution in [0, 0.1) is 5.92 Å². The van der Waals surface area contributed by atoms with Crippen LogP contribution in [0.15, 0.2) is 18.2 Å². The Bertz CT molecular complexity index is 1350. The second-order valence-electron chi connectivity index (χ2n) is 10.5. The number of Topliss-reactive ketones (excluding diaryl/α,β-unsaturated/α-hetero) is 1. The largest absolute Gasteiger partial charge is 0.507 e. The van der Waals surface area contributed by atoms with Gasteiger partial charge in [0.15, 0.2) is 11.6 Å². The number of phenols is 2. The number of hydrogen-bond donors (Lipinski definition) is 5. The van der Waals surface area contributed by atoms with E-state index < -0.39 is 76.9 Å². The number of phenolic OH excluding ortho intramolecular Hbond substituents is 2. The summed E-state index contributed by atoms with van der Waals surface area (Å²) in [5.41, 5.74) is -3.13. The fraction of sp³-hybridized carbons (Fsp3) is 0.464. The van der Waals surface area contributed by atoms with E-state index >= 15 is 0 Å². The molecule has 5 atom stereocenters. The van der Waals surface area contributed by atoms with Crippen molar-refractivity contribution in [2.75, 3.05) is 13.7 Å². The zero-order valence-corrected chi connectivity index (χ0v) is 21.1. The van der Waals surface area contributed by atoms with Gasteiger partial charge in [0.05, 0.1) is 42.1 Å². The number of rotatable bonds is 5. The quantitative estimate of drug-likeness (QED) is 0.308. The monoisotopic (exact) mass is 526 g/mol. The van der Waals surface area contributed by atoms with E-state index in [1.54, 1.807) is 0 Å². The number of aliphatic hydroxyl groups excluding tert-OH is 2. The van der Waals surface area contributed by atoms with Gasteiger partial charge in [-0.25, -0.2) is 0 Å². The Morgan fingerprint density at radius 1 is 1.08 bits per heavy atom. The van der Waals surface area contributed by atoms with Crippen molar-refractivity contribution in [3.05, 3.63) is 51.6 Å². The van der Waals surface area contributed by atoms with Crippen LogP contribution in [0.1, 0.15) is 81.7 Å². The SMILES string of the molecule is COc1cccc2c1C(=O)c1c(O)c3c(c(O)c1C2=O)C[C@](O)(C(=O)CO)C[C@H]3O[C@@H]1CC[C@@H](O)[C@@H](C)C1. The number of carbonyl (C=O) groups excluding carboxylic acids is 3. The zero-order valence-electron chi connectivity index (χ0n) is 21.1. The van der Waals surface area contributed by atoms with Crippen molar-refractivity contribution < 1.29 is 49.4 Å². The van der Waals surface area contributed by atoms with E-state index in [0.29, 0.717) is 19.3 Å². The molecule has 1 saturated carbocycles. The van der Waals surface area contributed by atoms with Crippen LogP contribution in [-0.2, 0) is 16.0 Å². The predicted molar refractivity (Wildman–Crippen MR) is 132 cm³/mol. The van der Waals surface area contributed by atoms with Gasteiger partial charge in [0.2, 0.25) is 5.78 Å². The third kappa shape index (κ3) is 3.90. The van der Waals surface area contributed by atoms with Crippen LogP contribution in [0.3, 0.4) is 0 Å². The number of ether oxygens (including phenoxy) is 2. The van der Waals surface area contributed by atoms with Crippen LogP contribution >= 0.6 is 0 Å². The highest BCUT2D eigenvalue weighted by molar-refractivity contribution is 6.31. The molecule has 2 aromatic rings. The first-order valence-electron chi connectivity index (χ1n) is 12.6. The van der Waals surface area contributed by atoms with E-state index in [4.69, 9.17) is 9.47 Å². The summed E-state index contributed by atoms with van der Waals surface area (Å²) in [6.45, 7) is 0.906. The predicted octanol–water partition coefficient (Wildman–Crippen LogP) is 1.73. The van der Waals surface area contributed by atoms with Gasteiger partial charge < -0.3 is 35.0 Å². The Morgan fingerprint density at radius 2 is 1.79 bits per heavy atom. The second kappa shape index (κ2) is 9.46. The topological polar surface area (TPSA) is 171 Å². The molecular formula is C28H30O10. The molecule has 3 aliphatic rings. The Balaban J connectivity index is 1.69. The van der Waals surface area contributed by atoms with Crippen molar-refractivity contribution in [1.82, 2.24) is 0 Å². The number of aromatic hydroxyl groups is 2. The van der Waals surface area contributed by atoms with Gasteiger partial charge >= 0.3 is 0 Å².